The van der Waals surface area contributed by atoms with Crippen molar-refractivity contribution in [3.05, 3.63) is 35.4 Å². The predicted molar refractivity (Wildman–Crippen MR) is 87.5 cm³/mol. The van der Waals surface area contributed by atoms with Crippen molar-refractivity contribution in [2.75, 3.05) is 13.2 Å². The van der Waals surface area contributed by atoms with Crippen molar-refractivity contribution >= 4 is 5.91 Å². The molecule has 0 radical (unpaired) electrons. The van der Waals surface area contributed by atoms with Crippen molar-refractivity contribution in [2.45, 2.75) is 44.1 Å². The van der Waals surface area contributed by atoms with Crippen molar-refractivity contribution < 1.29 is 11.0 Å². The zero-order valence-corrected chi connectivity index (χ0v) is 13.3. The largest absolute Gasteiger partial charge is 0.368 e. The van der Waals surface area contributed by atoms with E-state index in [1.165, 1.54) is 25.7 Å². The number of carbonyl (C=O) groups excluding carboxylic acids is 1. The van der Waals surface area contributed by atoms with Crippen LogP contribution in [0, 0.1) is 22.7 Å². The molecule has 1 aromatic rings. The zero-order chi connectivity index (χ0) is 15.9. The molecule has 3 fully saturated rings. The van der Waals surface area contributed by atoms with Gasteiger partial charge < -0.3 is 10.1 Å². The smallest absolute Gasteiger partial charge is 0.223 e. The molecular formula is C19H24N2O2. The highest BCUT2D eigenvalue weighted by atomic mass is 16.5. The van der Waals surface area contributed by atoms with Crippen molar-refractivity contribution in [1.29, 1.82) is 5.26 Å². The number of benzene rings is 1. The molecule has 1 amide bonds. The minimum atomic E-state index is -0.445. The van der Waals surface area contributed by atoms with Gasteiger partial charge in [0.1, 0.15) is 5.60 Å². The van der Waals surface area contributed by atoms with Crippen LogP contribution in [0.25, 0.3) is 0 Å². The van der Waals surface area contributed by atoms with E-state index in [9.17, 15) is 4.79 Å². The van der Waals surface area contributed by atoms with Crippen LogP contribution in [-0.2, 0) is 15.1 Å². The van der Waals surface area contributed by atoms with Gasteiger partial charge in [-0.3, -0.25) is 4.79 Å². The normalized spacial score (nSPS) is 30.5. The van der Waals surface area contributed by atoms with Crippen molar-refractivity contribution in [3.8, 4) is 6.07 Å². The summed E-state index contributed by atoms with van der Waals surface area (Å²) in [6, 6.07) is 9.72. The first kappa shape index (κ1) is 14.7. The van der Waals surface area contributed by atoms with E-state index in [4.69, 9.17) is 10.00 Å². The molecule has 1 heterocycles. The Labute approximate surface area is 138 Å². The molecule has 122 valence electrons. The third-order valence-corrected chi connectivity index (χ3v) is 6.29. The summed E-state index contributed by atoms with van der Waals surface area (Å²) in [6.07, 6.45) is 6.85. The van der Waals surface area contributed by atoms with Gasteiger partial charge in [-0.15, -0.1) is 0 Å². The molecule has 1 N–H and O–H groups in total. The Balaban J connectivity index is 0.00000169. The summed E-state index contributed by atoms with van der Waals surface area (Å²) in [5, 5.41) is 12.2. The summed E-state index contributed by atoms with van der Waals surface area (Å²) in [6.45, 7) is 1.22. The second-order valence-corrected chi connectivity index (χ2v) is 7.31. The lowest BCUT2D eigenvalue weighted by Gasteiger charge is -2.55. The predicted octanol–water partition coefficient (Wildman–Crippen LogP) is 3.12. The number of hydrogen-bond acceptors (Lipinski definition) is 3. The van der Waals surface area contributed by atoms with E-state index < -0.39 is 5.60 Å². The van der Waals surface area contributed by atoms with Crippen LogP contribution in [0.2, 0.25) is 0 Å². The molecular weight excluding hydrogens is 288 g/mol. The fourth-order valence-electron chi connectivity index (χ4n) is 4.38. The molecule has 4 nitrogen and oxygen atoms in total. The molecule has 2 atom stereocenters. The Hall–Kier alpha value is -1.86. The summed E-state index contributed by atoms with van der Waals surface area (Å²) in [5.41, 5.74) is 1.52. The Kier molecular flexibility index (Phi) is 3.42. The van der Waals surface area contributed by atoms with Gasteiger partial charge in [-0.1, -0.05) is 18.6 Å². The Morgan fingerprint density at radius 3 is 2.74 bits per heavy atom. The monoisotopic (exact) mass is 312 g/mol. The highest BCUT2D eigenvalue weighted by Crippen LogP contribution is 2.59. The zero-order valence-electron chi connectivity index (χ0n) is 13.3. The lowest BCUT2D eigenvalue weighted by atomic mass is 9.49. The van der Waals surface area contributed by atoms with Gasteiger partial charge in [0, 0.05) is 13.8 Å². The van der Waals surface area contributed by atoms with Gasteiger partial charge in [-0.2, -0.15) is 5.26 Å². The van der Waals surface area contributed by atoms with Crippen LogP contribution in [0.3, 0.4) is 0 Å². The van der Waals surface area contributed by atoms with E-state index in [1.807, 2.05) is 18.2 Å². The van der Waals surface area contributed by atoms with Crippen molar-refractivity contribution in [2.24, 2.45) is 11.3 Å². The van der Waals surface area contributed by atoms with E-state index in [2.05, 4.69) is 11.4 Å². The third kappa shape index (κ3) is 2.26. The molecule has 2 aliphatic carbocycles. The summed E-state index contributed by atoms with van der Waals surface area (Å²) in [4.78, 5) is 12.6. The molecule has 4 heteroatoms. The Bertz CT molecular complexity index is 669. The molecule has 1 unspecified atom stereocenters. The van der Waals surface area contributed by atoms with Gasteiger partial charge in [0.15, 0.2) is 0 Å². The van der Waals surface area contributed by atoms with Gasteiger partial charge in [-0.25, -0.2) is 0 Å². The summed E-state index contributed by atoms with van der Waals surface area (Å²) >= 11 is 0. The Morgan fingerprint density at radius 1 is 1.39 bits per heavy atom. The lowest BCUT2D eigenvalue weighted by molar-refractivity contribution is -0.162. The highest BCUT2D eigenvalue weighted by Gasteiger charge is 2.54. The summed E-state index contributed by atoms with van der Waals surface area (Å²) < 4.78 is 5.85. The Morgan fingerprint density at radius 2 is 2.22 bits per heavy atom. The van der Waals surface area contributed by atoms with Gasteiger partial charge in [0.2, 0.25) is 5.91 Å². The average molecular weight is 312 g/mol. The maximum absolute atomic E-state index is 12.6. The topological polar surface area (TPSA) is 62.1 Å². The molecule has 1 aromatic carbocycles. The SMILES string of the molecule is N#Cc1cccc([C@]2(CNC(=O)C3CCC34CCC4)CCO2)c1.[HH]. The second-order valence-electron chi connectivity index (χ2n) is 7.31. The fourth-order valence-corrected chi connectivity index (χ4v) is 4.38. The van der Waals surface area contributed by atoms with Crippen LogP contribution >= 0.6 is 0 Å². The van der Waals surface area contributed by atoms with Crippen LogP contribution in [0.4, 0.5) is 0 Å². The van der Waals surface area contributed by atoms with Crippen molar-refractivity contribution in [3.63, 3.8) is 0 Å². The molecule has 3 aliphatic rings. The molecule has 1 saturated heterocycles. The fraction of sp³-hybridized carbons (Fsp3) is 0.579. The highest BCUT2D eigenvalue weighted by molar-refractivity contribution is 5.80. The quantitative estimate of drug-likeness (QED) is 0.929. The standard InChI is InChI=1S/C19H22N2O2.H2/c20-12-14-3-1-4-15(11-14)19(9-10-23-19)13-21-17(22)16-5-8-18(16)6-2-7-18;/h1,3-4,11,16H,2,5-10,13H2,(H,21,22);1H/t16?,19-;/m1./s1. The summed E-state index contributed by atoms with van der Waals surface area (Å²) in [7, 11) is 0. The van der Waals surface area contributed by atoms with E-state index in [1.54, 1.807) is 6.07 Å². The number of carbonyl (C=O) groups is 1. The maximum atomic E-state index is 12.6. The van der Waals surface area contributed by atoms with E-state index >= 15 is 0 Å². The molecule has 23 heavy (non-hydrogen) atoms. The number of nitriles is 1. The second kappa shape index (κ2) is 5.35. The van der Waals surface area contributed by atoms with E-state index in [0.29, 0.717) is 24.1 Å². The van der Waals surface area contributed by atoms with Crippen LogP contribution < -0.4 is 5.32 Å². The van der Waals surface area contributed by atoms with Gasteiger partial charge in [-0.05, 0) is 48.8 Å². The van der Waals surface area contributed by atoms with Crippen LogP contribution in [-0.4, -0.2) is 19.1 Å². The van der Waals surface area contributed by atoms with Crippen LogP contribution in [0.15, 0.2) is 24.3 Å². The number of nitrogens with one attached hydrogen (secondary N) is 1. The van der Waals surface area contributed by atoms with Gasteiger partial charge >= 0.3 is 0 Å². The minimum Gasteiger partial charge on any atom is -0.368 e. The van der Waals surface area contributed by atoms with Crippen LogP contribution in [0.5, 0.6) is 0 Å². The number of ether oxygens (including phenoxy) is 1. The molecule has 1 spiro atoms. The number of hydrogen-bond donors (Lipinski definition) is 1. The van der Waals surface area contributed by atoms with E-state index in [-0.39, 0.29) is 13.3 Å². The third-order valence-electron chi connectivity index (χ3n) is 6.29. The minimum absolute atomic E-state index is 0. The van der Waals surface area contributed by atoms with Gasteiger partial charge in [0.25, 0.3) is 0 Å². The molecule has 2 saturated carbocycles. The number of amides is 1. The molecule has 0 bridgehead atoms. The van der Waals surface area contributed by atoms with Gasteiger partial charge in [0.05, 0.1) is 24.8 Å². The maximum Gasteiger partial charge on any atom is 0.223 e. The molecule has 4 rings (SSSR count). The summed E-state index contributed by atoms with van der Waals surface area (Å²) in [5.74, 6) is 0.404. The number of nitrogens with zero attached hydrogens (tertiary/aromatic N) is 1. The first-order chi connectivity index (χ1) is 11.2. The van der Waals surface area contributed by atoms with E-state index in [0.717, 1.165) is 18.4 Å². The van der Waals surface area contributed by atoms with Crippen molar-refractivity contribution in [1.82, 2.24) is 5.32 Å². The molecule has 1 aliphatic heterocycles. The average Bonchev–Trinajstić information content (AvgIpc) is 2.44. The number of rotatable bonds is 4. The first-order valence-electron chi connectivity index (χ1n) is 8.60. The lowest BCUT2D eigenvalue weighted by Crippen LogP contribution is -2.56. The molecule has 0 aromatic heterocycles. The first-order valence-corrected chi connectivity index (χ1v) is 8.60. The van der Waals surface area contributed by atoms with Crippen LogP contribution in [0.1, 0.15) is 51.1 Å².